The number of hydrogen-bond donors (Lipinski definition) is 4. The zero-order valence-electron chi connectivity index (χ0n) is 8.01. The summed E-state index contributed by atoms with van der Waals surface area (Å²) in [4.78, 5) is 30.5. The van der Waals surface area contributed by atoms with Crippen LogP contribution in [0.3, 0.4) is 0 Å². The largest absolute Gasteiger partial charge is 3.00 e. The minimum atomic E-state index is -2.74. The zero-order valence-corrected chi connectivity index (χ0v) is 8.16. The summed E-state index contributed by atoms with van der Waals surface area (Å²) in [7, 11) is 0. The fourth-order valence-electron chi connectivity index (χ4n) is 0.714. The molecule has 0 aromatic carbocycles. The maximum Gasteiger partial charge on any atom is 3.00 e. The van der Waals surface area contributed by atoms with Crippen molar-refractivity contribution in [1.29, 1.82) is 0 Å². The van der Waals surface area contributed by atoms with Gasteiger partial charge < -0.3 is 20.4 Å². The van der Waals surface area contributed by atoms with Crippen LogP contribution in [0.5, 0.6) is 0 Å². The van der Waals surface area contributed by atoms with Crippen molar-refractivity contribution < 1.29 is 36.2 Å². The Morgan fingerprint density at radius 1 is 1.00 bits per heavy atom. The molecule has 0 aliphatic heterocycles. The van der Waals surface area contributed by atoms with E-state index in [9.17, 15) is 14.4 Å². The molecule has 0 saturated heterocycles. The maximum atomic E-state index is 10.3. The predicted molar refractivity (Wildman–Crippen MR) is 44.0 cm³/mol. The standard InChI is InChI=1S/C6H8O7.Al/c7-3(8)1-6(13,5(11)12)2-4(9)10;/h13H,1-2H2,(H,7,8)(H,9,10)(H,11,12);/q;+3/p+1. The van der Waals surface area contributed by atoms with Crippen LogP contribution in [0, 0.1) is 0 Å². The van der Waals surface area contributed by atoms with Crippen molar-refractivity contribution in [2.45, 2.75) is 18.4 Å². The Kier molecular flexibility index (Phi) is 6.15. The first-order valence-corrected chi connectivity index (χ1v) is 3.17. The van der Waals surface area contributed by atoms with Crippen LogP contribution in [0.4, 0.5) is 0 Å². The van der Waals surface area contributed by atoms with Gasteiger partial charge in [-0.1, -0.05) is 0 Å². The van der Waals surface area contributed by atoms with E-state index in [1.807, 2.05) is 0 Å². The number of aliphatic hydroxyl groups is 1. The van der Waals surface area contributed by atoms with Gasteiger partial charge in [0.05, 0.1) is 12.8 Å². The Morgan fingerprint density at radius 3 is 1.43 bits per heavy atom. The molecule has 0 heterocycles. The van der Waals surface area contributed by atoms with Crippen molar-refractivity contribution in [3.63, 3.8) is 0 Å². The summed E-state index contributed by atoms with van der Waals surface area (Å²) in [6, 6.07) is 0. The molecule has 0 aliphatic carbocycles. The number of carboxylic acid groups (broad SMARTS) is 3. The Morgan fingerprint density at radius 2 is 1.29 bits per heavy atom. The SMILES string of the molecule is O=C(O)CC(O)(CC(=O)O)C(=O)O.[Al+3].[H+]. The van der Waals surface area contributed by atoms with E-state index in [0.29, 0.717) is 0 Å². The van der Waals surface area contributed by atoms with Gasteiger partial charge in [-0.25, -0.2) is 4.79 Å². The summed E-state index contributed by atoms with van der Waals surface area (Å²) in [6.07, 6.45) is -2.29. The number of carboxylic acids is 3. The third-order valence-electron chi connectivity index (χ3n) is 1.29. The Hall–Kier alpha value is -1.10. The van der Waals surface area contributed by atoms with Crippen molar-refractivity contribution >= 4 is 35.3 Å². The van der Waals surface area contributed by atoms with Crippen LogP contribution >= 0.6 is 0 Å². The van der Waals surface area contributed by atoms with E-state index in [0.717, 1.165) is 0 Å². The van der Waals surface area contributed by atoms with Gasteiger partial charge in [0.25, 0.3) is 0 Å². The van der Waals surface area contributed by atoms with Crippen LogP contribution in [0.2, 0.25) is 0 Å². The third-order valence-corrected chi connectivity index (χ3v) is 1.29. The fourth-order valence-corrected chi connectivity index (χ4v) is 0.714. The van der Waals surface area contributed by atoms with Crippen LogP contribution in [-0.4, -0.2) is 61.3 Å². The average Bonchev–Trinajstić information content (AvgIpc) is 1.82. The molecule has 0 amide bonds. The van der Waals surface area contributed by atoms with Gasteiger partial charge >= 0.3 is 36.7 Å². The monoisotopic (exact) mass is 220 g/mol. The molecule has 0 spiro atoms. The molecule has 8 heteroatoms. The Bertz CT molecular complexity index is 238. The van der Waals surface area contributed by atoms with Gasteiger partial charge in [-0.2, -0.15) is 0 Å². The number of carbonyl (C=O) groups is 3. The van der Waals surface area contributed by atoms with Crippen molar-refractivity contribution in [2.24, 2.45) is 0 Å². The number of rotatable bonds is 5. The number of hydrogen-bond acceptors (Lipinski definition) is 4. The molecule has 0 aromatic heterocycles. The summed E-state index contributed by atoms with van der Waals surface area (Å²) in [5, 5.41) is 33.8. The van der Waals surface area contributed by atoms with Gasteiger partial charge in [0.1, 0.15) is 0 Å². The van der Waals surface area contributed by atoms with Gasteiger partial charge in [-0.15, -0.1) is 0 Å². The van der Waals surface area contributed by atoms with Crippen molar-refractivity contribution in [1.82, 2.24) is 0 Å². The van der Waals surface area contributed by atoms with E-state index < -0.39 is 36.4 Å². The molecule has 0 aromatic rings. The molecule has 0 atom stereocenters. The van der Waals surface area contributed by atoms with E-state index >= 15 is 0 Å². The summed E-state index contributed by atoms with van der Waals surface area (Å²) in [5.74, 6) is -5.02. The molecule has 0 fully saturated rings. The first kappa shape index (κ1) is 15.4. The Labute approximate surface area is 90.6 Å². The average molecular weight is 220 g/mol. The van der Waals surface area contributed by atoms with Crippen LogP contribution in [0.1, 0.15) is 14.3 Å². The van der Waals surface area contributed by atoms with E-state index in [-0.39, 0.29) is 18.8 Å². The fraction of sp³-hybridized carbons (Fsp3) is 0.500. The van der Waals surface area contributed by atoms with Gasteiger partial charge in [-0.05, 0) is 0 Å². The summed E-state index contributed by atoms with van der Waals surface area (Å²) in [5.41, 5.74) is -2.74. The first-order valence-electron chi connectivity index (χ1n) is 3.17. The zero-order chi connectivity index (χ0) is 10.6. The molecule has 0 aliphatic rings. The Balaban J connectivity index is -0.000000720. The van der Waals surface area contributed by atoms with Crippen LogP contribution < -0.4 is 0 Å². The van der Waals surface area contributed by atoms with E-state index in [1.165, 1.54) is 0 Å². The van der Waals surface area contributed by atoms with Crippen molar-refractivity contribution in [2.75, 3.05) is 0 Å². The quantitative estimate of drug-likeness (QED) is 0.413. The molecule has 0 unspecified atom stereocenters. The molecule has 0 rings (SSSR count). The molecular weight excluding hydrogens is 211 g/mol. The van der Waals surface area contributed by atoms with Gasteiger partial charge in [0, 0.05) is 0 Å². The predicted octanol–water partition coefficient (Wildman–Crippen LogP) is -1.52. The molecule has 7 nitrogen and oxygen atoms in total. The minimum Gasteiger partial charge on any atom is -0.481 e. The summed E-state index contributed by atoms with van der Waals surface area (Å²) in [6.45, 7) is 0. The summed E-state index contributed by atoms with van der Waals surface area (Å²) >= 11 is 0. The van der Waals surface area contributed by atoms with Crippen LogP contribution in [0.25, 0.3) is 0 Å². The van der Waals surface area contributed by atoms with Crippen LogP contribution in [0.15, 0.2) is 0 Å². The maximum absolute atomic E-state index is 10.3. The molecule has 14 heavy (non-hydrogen) atoms. The number of aliphatic carboxylic acids is 3. The van der Waals surface area contributed by atoms with Crippen molar-refractivity contribution in [3.8, 4) is 0 Å². The van der Waals surface area contributed by atoms with Gasteiger partial charge in [0.2, 0.25) is 0 Å². The normalized spacial score (nSPS) is 10.1. The topological polar surface area (TPSA) is 132 Å². The van der Waals surface area contributed by atoms with E-state index in [4.69, 9.17) is 20.4 Å². The van der Waals surface area contributed by atoms with E-state index in [2.05, 4.69) is 0 Å². The second-order valence-electron chi connectivity index (χ2n) is 2.48. The van der Waals surface area contributed by atoms with Gasteiger partial charge in [-0.3, -0.25) is 9.59 Å². The second kappa shape index (κ2) is 5.59. The third kappa shape index (κ3) is 4.81. The van der Waals surface area contributed by atoms with Gasteiger partial charge in [0.15, 0.2) is 5.60 Å². The molecule has 0 bridgehead atoms. The van der Waals surface area contributed by atoms with Crippen LogP contribution in [-0.2, 0) is 14.4 Å². The smallest absolute Gasteiger partial charge is 0.481 e. The molecule has 4 N–H and O–H groups in total. The first-order chi connectivity index (χ1) is 5.78. The molecule has 0 saturated carbocycles. The molecular formula is C6H9AlO7+4. The van der Waals surface area contributed by atoms with E-state index in [1.54, 1.807) is 0 Å². The second-order valence-corrected chi connectivity index (χ2v) is 2.48. The van der Waals surface area contributed by atoms with Crippen molar-refractivity contribution in [3.05, 3.63) is 0 Å². The minimum absolute atomic E-state index is 0. The summed E-state index contributed by atoms with van der Waals surface area (Å²) < 4.78 is 0. The molecule has 74 valence electrons. The molecule has 0 radical (unpaired) electrons.